The van der Waals surface area contributed by atoms with Crippen LogP contribution in [0.2, 0.25) is 0 Å². The molecule has 1 saturated heterocycles. The number of hydrogen-bond donors (Lipinski definition) is 1. The van der Waals surface area contributed by atoms with Crippen LogP contribution < -0.4 is 4.90 Å². The van der Waals surface area contributed by atoms with Gasteiger partial charge in [0.15, 0.2) is 5.01 Å². The third-order valence-corrected chi connectivity index (χ3v) is 4.45. The summed E-state index contributed by atoms with van der Waals surface area (Å²) in [6.07, 6.45) is 3.81. The number of aromatic nitrogens is 3. The van der Waals surface area contributed by atoms with Gasteiger partial charge in [-0.25, -0.2) is 0 Å². The molecule has 0 aromatic carbocycles. The zero-order chi connectivity index (χ0) is 13.1. The van der Waals surface area contributed by atoms with Crippen molar-refractivity contribution in [2.75, 3.05) is 24.6 Å². The van der Waals surface area contributed by atoms with Gasteiger partial charge in [-0.05, 0) is 30.9 Å². The van der Waals surface area contributed by atoms with E-state index in [4.69, 9.17) is 5.11 Å². The van der Waals surface area contributed by atoms with E-state index < -0.39 is 0 Å². The smallest absolute Gasteiger partial charge is 0.208 e. The maximum absolute atomic E-state index is 9.15. The van der Waals surface area contributed by atoms with Gasteiger partial charge in [-0.15, -0.1) is 10.2 Å². The monoisotopic (exact) mass is 276 g/mol. The van der Waals surface area contributed by atoms with Crippen molar-refractivity contribution in [1.29, 1.82) is 0 Å². The number of hydrogen-bond acceptors (Lipinski definition) is 6. The van der Waals surface area contributed by atoms with E-state index in [9.17, 15) is 0 Å². The summed E-state index contributed by atoms with van der Waals surface area (Å²) in [5.74, 6) is 0.444. The number of pyridine rings is 1. The van der Waals surface area contributed by atoms with Crippen LogP contribution in [0.15, 0.2) is 24.4 Å². The van der Waals surface area contributed by atoms with Crippen molar-refractivity contribution in [3.05, 3.63) is 24.4 Å². The van der Waals surface area contributed by atoms with Gasteiger partial charge in [0.05, 0.1) is 0 Å². The standard InChI is InChI=1S/C13H16N4OS/c18-9-10-4-7-17(8-5-10)13-16-15-12(19-13)11-3-1-2-6-14-11/h1-3,6,10,18H,4-5,7-9H2. The fraction of sp³-hybridized carbons (Fsp3) is 0.462. The van der Waals surface area contributed by atoms with Crippen LogP contribution in [0.3, 0.4) is 0 Å². The molecule has 6 heteroatoms. The number of rotatable bonds is 3. The first-order valence-electron chi connectivity index (χ1n) is 6.47. The van der Waals surface area contributed by atoms with Gasteiger partial charge in [0.1, 0.15) is 5.69 Å². The Balaban J connectivity index is 1.72. The Kier molecular flexibility index (Phi) is 3.70. The number of aliphatic hydroxyl groups excluding tert-OH is 1. The molecule has 3 heterocycles. The first-order valence-corrected chi connectivity index (χ1v) is 7.29. The highest BCUT2D eigenvalue weighted by atomic mass is 32.1. The first kappa shape index (κ1) is 12.5. The van der Waals surface area contributed by atoms with Gasteiger partial charge in [0.2, 0.25) is 5.13 Å². The normalized spacial score (nSPS) is 16.8. The van der Waals surface area contributed by atoms with Gasteiger partial charge in [-0.1, -0.05) is 17.4 Å². The number of anilines is 1. The predicted octanol–water partition coefficient (Wildman–Crippen LogP) is 1.81. The van der Waals surface area contributed by atoms with E-state index in [2.05, 4.69) is 20.1 Å². The molecule has 3 rings (SSSR count). The Morgan fingerprint density at radius 3 is 2.79 bits per heavy atom. The van der Waals surface area contributed by atoms with E-state index in [-0.39, 0.29) is 0 Å². The highest BCUT2D eigenvalue weighted by Crippen LogP contribution is 2.29. The van der Waals surface area contributed by atoms with E-state index in [1.807, 2.05) is 18.2 Å². The summed E-state index contributed by atoms with van der Waals surface area (Å²) in [4.78, 5) is 6.54. The Morgan fingerprint density at radius 1 is 1.26 bits per heavy atom. The number of piperidine rings is 1. The largest absolute Gasteiger partial charge is 0.396 e. The molecule has 0 bridgehead atoms. The summed E-state index contributed by atoms with van der Waals surface area (Å²) in [5, 5.41) is 19.4. The predicted molar refractivity (Wildman–Crippen MR) is 75.2 cm³/mol. The molecule has 0 saturated carbocycles. The fourth-order valence-electron chi connectivity index (χ4n) is 2.24. The van der Waals surface area contributed by atoms with Crippen molar-refractivity contribution < 1.29 is 5.11 Å². The minimum absolute atomic E-state index is 0.295. The highest BCUT2D eigenvalue weighted by Gasteiger charge is 2.21. The maximum atomic E-state index is 9.15. The summed E-state index contributed by atoms with van der Waals surface area (Å²) in [7, 11) is 0. The lowest BCUT2D eigenvalue weighted by atomic mass is 9.98. The van der Waals surface area contributed by atoms with Gasteiger partial charge in [-0.3, -0.25) is 4.98 Å². The molecular weight excluding hydrogens is 260 g/mol. The summed E-state index contributed by atoms with van der Waals surface area (Å²) in [5.41, 5.74) is 0.872. The van der Waals surface area contributed by atoms with Crippen LogP contribution in [0.4, 0.5) is 5.13 Å². The Hall–Kier alpha value is -1.53. The van der Waals surface area contributed by atoms with E-state index in [1.165, 1.54) is 0 Å². The van der Waals surface area contributed by atoms with Crippen LogP contribution in [0, 0.1) is 5.92 Å². The summed E-state index contributed by atoms with van der Waals surface area (Å²) >= 11 is 1.58. The second-order valence-electron chi connectivity index (χ2n) is 4.72. The Bertz CT molecular complexity index is 522. The topological polar surface area (TPSA) is 62.1 Å². The molecule has 5 nitrogen and oxygen atoms in total. The van der Waals surface area contributed by atoms with E-state index in [1.54, 1.807) is 17.5 Å². The summed E-state index contributed by atoms with van der Waals surface area (Å²) in [6, 6.07) is 5.80. The SMILES string of the molecule is OCC1CCN(c2nnc(-c3ccccn3)s2)CC1. The second-order valence-corrected chi connectivity index (χ2v) is 5.67. The lowest BCUT2D eigenvalue weighted by Gasteiger charge is -2.30. The molecule has 2 aromatic rings. The molecule has 1 fully saturated rings. The second kappa shape index (κ2) is 5.63. The van der Waals surface area contributed by atoms with Gasteiger partial charge in [0.25, 0.3) is 0 Å². The van der Waals surface area contributed by atoms with Crippen molar-refractivity contribution >= 4 is 16.5 Å². The number of aliphatic hydroxyl groups is 1. The fourth-order valence-corrected chi connectivity index (χ4v) is 3.12. The first-order chi connectivity index (χ1) is 9.36. The van der Waals surface area contributed by atoms with Crippen molar-refractivity contribution in [3.63, 3.8) is 0 Å². The van der Waals surface area contributed by atoms with Gasteiger partial charge < -0.3 is 10.0 Å². The van der Waals surface area contributed by atoms with Crippen molar-refractivity contribution in [3.8, 4) is 10.7 Å². The number of nitrogens with zero attached hydrogens (tertiary/aromatic N) is 4. The molecular formula is C13H16N4OS. The van der Waals surface area contributed by atoms with Gasteiger partial charge in [-0.2, -0.15) is 0 Å². The molecule has 0 unspecified atom stereocenters. The van der Waals surface area contributed by atoms with Crippen LogP contribution in [-0.2, 0) is 0 Å². The molecule has 1 N–H and O–H groups in total. The van der Waals surface area contributed by atoms with Crippen LogP contribution in [0.5, 0.6) is 0 Å². The Labute approximate surface area is 115 Å². The lowest BCUT2D eigenvalue weighted by Crippen LogP contribution is -2.34. The quantitative estimate of drug-likeness (QED) is 0.926. The lowest BCUT2D eigenvalue weighted by molar-refractivity contribution is 0.203. The third kappa shape index (κ3) is 2.74. The zero-order valence-electron chi connectivity index (χ0n) is 10.6. The van der Waals surface area contributed by atoms with E-state index in [0.717, 1.165) is 41.8 Å². The van der Waals surface area contributed by atoms with Crippen LogP contribution >= 0.6 is 11.3 Å². The van der Waals surface area contributed by atoms with Crippen LogP contribution in [-0.4, -0.2) is 40.0 Å². The molecule has 1 aliphatic rings. The third-order valence-electron chi connectivity index (χ3n) is 3.44. The maximum Gasteiger partial charge on any atom is 0.208 e. The molecule has 2 aromatic heterocycles. The summed E-state index contributed by atoms with van der Waals surface area (Å²) in [6.45, 7) is 2.19. The van der Waals surface area contributed by atoms with Gasteiger partial charge >= 0.3 is 0 Å². The minimum atomic E-state index is 0.295. The van der Waals surface area contributed by atoms with E-state index >= 15 is 0 Å². The molecule has 19 heavy (non-hydrogen) atoms. The van der Waals surface area contributed by atoms with Gasteiger partial charge in [0, 0.05) is 25.9 Å². The average molecular weight is 276 g/mol. The highest BCUT2D eigenvalue weighted by molar-refractivity contribution is 7.18. The molecule has 1 aliphatic heterocycles. The average Bonchev–Trinajstić information content (AvgIpc) is 2.98. The molecule has 0 spiro atoms. The van der Waals surface area contributed by atoms with Crippen molar-refractivity contribution in [1.82, 2.24) is 15.2 Å². The molecule has 0 amide bonds. The molecule has 0 aliphatic carbocycles. The molecule has 0 atom stereocenters. The summed E-state index contributed by atoms with van der Waals surface area (Å²) < 4.78 is 0. The van der Waals surface area contributed by atoms with Crippen LogP contribution in [0.25, 0.3) is 10.7 Å². The Morgan fingerprint density at radius 2 is 2.11 bits per heavy atom. The van der Waals surface area contributed by atoms with E-state index in [0.29, 0.717) is 12.5 Å². The van der Waals surface area contributed by atoms with Crippen molar-refractivity contribution in [2.24, 2.45) is 5.92 Å². The van der Waals surface area contributed by atoms with Crippen molar-refractivity contribution in [2.45, 2.75) is 12.8 Å². The molecule has 100 valence electrons. The molecule has 0 radical (unpaired) electrons. The minimum Gasteiger partial charge on any atom is -0.396 e. The zero-order valence-corrected chi connectivity index (χ0v) is 11.4. The van der Waals surface area contributed by atoms with Crippen LogP contribution in [0.1, 0.15) is 12.8 Å².